The molecule has 2 aromatic heterocycles. The SMILES string of the molecule is CCCCCNC(=O)N1c2nc(-c3ccnc(C(F)(F)F)c3)ccc2N2CC[C@H]1C2. The second-order valence-corrected chi connectivity index (χ2v) is 7.66. The van der Waals surface area contributed by atoms with E-state index in [2.05, 4.69) is 27.1 Å². The first-order valence-corrected chi connectivity index (χ1v) is 10.2. The largest absolute Gasteiger partial charge is 0.433 e. The molecule has 1 fully saturated rings. The Bertz CT molecular complexity index is 933. The molecule has 0 aliphatic carbocycles. The lowest BCUT2D eigenvalue weighted by Crippen LogP contribution is -2.50. The van der Waals surface area contributed by atoms with Gasteiger partial charge in [-0.3, -0.25) is 9.88 Å². The number of amides is 2. The van der Waals surface area contributed by atoms with E-state index in [1.165, 1.54) is 6.07 Å². The fourth-order valence-electron chi connectivity index (χ4n) is 4.03. The van der Waals surface area contributed by atoms with Crippen LogP contribution in [0.5, 0.6) is 0 Å². The van der Waals surface area contributed by atoms with Gasteiger partial charge in [-0.05, 0) is 37.1 Å². The van der Waals surface area contributed by atoms with E-state index < -0.39 is 11.9 Å². The van der Waals surface area contributed by atoms with Gasteiger partial charge >= 0.3 is 12.2 Å². The third kappa shape index (κ3) is 3.93. The van der Waals surface area contributed by atoms with Gasteiger partial charge in [0.15, 0.2) is 5.82 Å². The molecule has 1 N–H and O–H groups in total. The topological polar surface area (TPSA) is 61.4 Å². The second-order valence-electron chi connectivity index (χ2n) is 7.66. The van der Waals surface area contributed by atoms with Crippen molar-refractivity contribution in [2.24, 2.45) is 0 Å². The molecule has 2 amide bonds. The van der Waals surface area contributed by atoms with Crippen molar-refractivity contribution >= 4 is 17.5 Å². The van der Waals surface area contributed by atoms with Crippen molar-refractivity contribution in [1.82, 2.24) is 15.3 Å². The van der Waals surface area contributed by atoms with Crippen LogP contribution in [0.3, 0.4) is 0 Å². The number of hydrogen-bond acceptors (Lipinski definition) is 4. The molecule has 2 aliphatic rings. The summed E-state index contributed by atoms with van der Waals surface area (Å²) in [6, 6.07) is 5.83. The monoisotopic (exact) mass is 419 g/mol. The molecule has 2 aliphatic heterocycles. The highest BCUT2D eigenvalue weighted by atomic mass is 19.4. The number of carbonyl (C=O) groups is 1. The van der Waals surface area contributed by atoms with E-state index in [-0.39, 0.29) is 12.1 Å². The number of carbonyl (C=O) groups excluding carboxylic acids is 1. The molecule has 1 atom stereocenters. The number of rotatable bonds is 5. The minimum Gasteiger partial charge on any atom is -0.366 e. The standard InChI is InChI=1S/C21H24F3N5O/c1-2-3-4-9-26-20(30)29-15-8-11-28(13-15)17-6-5-16(27-19(17)29)14-7-10-25-18(12-14)21(22,23)24/h5-7,10,12,15H,2-4,8-9,11,13H2,1H3,(H,26,30)/t15-/m0/s1. The number of halogens is 3. The maximum atomic E-state index is 13.1. The quantitative estimate of drug-likeness (QED) is 0.727. The van der Waals surface area contributed by atoms with Gasteiger partial charge in [0.05, 0.1) is 17.4 Å². The first-order chi connectivity index (χ1) is 14.4. The number of alkyl halides is 3. The zero-order chi connectivity index (χ0) is 21.3. The molecular weight excluding hydrogens is 395 g/mol. The lowest BCUT2D eigenvalue weighted by atomic mass is 10.1. The Balaban J connectivity index is 1.66. The Morgan fingerprint density at radius 3 is 2.87 bits per heavy atom. The summed E-state index contributed by atoms with van der Waals surface area (Å²) < 4.78 is 39.2. The van der Waals surface area contributed by atoms with Crippen molar-refractivity contribution in [2.75, 3.05) is 29.4 Å². The zero-order valence-electron chi connectivity index (χ0n) is 16.7. The Labute approximate surface area is 173 Å². The van der Waals surface area contributed by atoms with Crippen LogP contribution in [0.1, 0.15) is 38.3 Å². The fraction of sp³-hybridized carbons (Fsp3) is 0.476. The predicted octanol–water partition coefficient (Wildman–Crippen LogP) is 4.46. The van der Waals surface area contributed by atoms with Crippen molar-refractivity contribution < 1.29 is 18.0 Å². The molecule has 0 radical (unpaired) electrons. The Morgan fingerprint density at radius 1 is 1.27 bits per heavy atom. The normalized spacial score (nSPS) is 17.8. The van der Waals surface area contributed by atoms with E-state index >= 15 is 0 Å². The second kappa shape index (κ2) is 8.12. The lowest BCUT2D eigenvalue weighted by molar-refractivity contribution is -0.141. The summed E-state index contributed by atoms with van der Waals surface area (Å²) in [6.07, 6.45) is 0.451. The average molecular weight is 419 g/mol. The summed E-state index contributed by atoms with van der Waals surface area (Å²) in [5.41, 5.74) is 0.569. The number of nitrogens with zero attached hydrogens (tertiary/aromatic N) is 4. The van der Waals surface area contributed by atoms with Gasteiger partial charge in [-0.2, -0.15) is 13.2 Å². The van der Waals surface area contributed by atoms with Gasteiger partial charge in [0.2, 0.25) is 0 Å². The first kappa shape index (κ1) is 20.4. The molecule has 160 valence electrons. The molecule has 2 bridgehead atoms. The van der Waals surface area contributed by atoms with Crippen LogP contribution in [0.25, 0.3) is 11.3 Å². The van der Waals surface area contributed by atoms with Crippen LogP contribution in [0.4, 0.5) is 29.5 Å². The number of fused-ring (bicyclic) bond motifs is 4. The molecule has 4 rings (SSSR count). The van der Waals surface area contributed by atoms with E-state index in [9.17, 15) is 18.0 Å². The van der Waals surface area contributed by atoms with Gasteiger partial charge in [0, 0.05) is 31.4 Å². The fourth-order valence-corrected chi connectivity index (χ4v) is 4.03. The van der Waals surface area contributed by atoms with E-state index in [4.69, 9.17) is 0 Å². The highest BCUT2D eigenvalue weighted by Crippen LogP contribution is 2.40. The average Bonchev–Trinajstić information content (AvgIpc) is 3.15. The molecular formula is C21H24F3N5O. The van der Waals surface area contributed by atoms with Crippen LogP contribution in [0.2, 0.25) is 0 Å². The van der Waals surface area contributed by atoms with Crippen LogP contribution in [0, 0.1) is 0 Å². The molecule has 4 heterocycles. The zero-order valence-corrected chi connectivity index (χ0v) is 16.7. The highest BCUT2D eigenvalue weighted by Gasteiger charge is 2.40. The molecule has 0 spiro atoms. The number of hydrogen-bond donors (Lipinski definition) is 1. The van der Waals surface area contributed by atoms with Gasteiger partial charge in [-0.25, -0.2) is 9.78 Å². The van der Waals surface area contributed by atoms with Gasteiger partial charge in [-0.1, -0.05) is 19.8 Å². The summed E-state index contributed by atoms with van der Waals surface area (Å²) in [5, 5.41) is 2.97. The summed E-state index contributed by atoms with van der Waals surface area (Å²) in [6.45, 7) is 4.26. The number of unbranched alkanes of at least 4 members (excludes halogenated alkanes) is 2. The molecule has 9 heteroatoms. The number of nitrogens with one attached hydrogen (secondary N) is 1. The number of aromatic nitrogens is 2. The van der Waals surface area contributed by atoms with Crippen molar-refractivity contribution in [3.05, 3.63) is 36.2 Å². The summed E-state index contributed by atoms with van der Waals surface area (Å²) in [5.74, 6) is 0.500. The molecule has 30 heavy (non-hydrogen) atoms. The van der Waals surface area contributed by atoms with Crippen molar-refractivity contribution in [3.63, 3.8) is 0 Å². The molecule has 0 saturated carbocycles. The third-order valence-electron chi connectivity index (χ3n) is 5.57. The van der Waals surface area contributed by atoms with Crippen molar-refractivity contribution in [2.45, 2.75) is 44.8 Å². The lowest BCUT2D eigenvalue weighted by Gasteiger charge is -2.36. The molecule has 0 aromatic carbocycles. The molecule has 1 saturated heterocycles. The van der Waals surface area contributed by atoms with Crippen LogP contribution in [-0.2, 0) is 6.18 Å². The summed E-state index contributed by atoms with van der Waals surface area (Å²) in [7, 11) is 0. The van der Waals surface area contributed by atoms with E-state index in [0.717, 1.165) is 56.7 Å². The number of anilines is 2. The minimum absolute atomic E-state index is 0.00889. The smallest absolute Gasteiger partial charge is 0.366 e. The van der Waals surface area contributed by atoms with Crippen LogP contribution >= 0.6 is 0 Å². The van der Waals surface area contributed by atoms with Gasteiger partial charge in [0.1, 0.15) is 5.69 Å². The maximum absolute atomic E-state index is 13.1. The number of pyridine rings is 2. The molecule has 6 nitrogen and oxygen atoms in total. The third-order valence-corrected chi connectivity index (χ3v) is 5.57. The molecule has 2 aromatic rings. The Morgan fingerprint density at radius 2 is 2.10 bits per heavy atom. The van der Waals surface area contributed by atoms with Crippen molar-refractivity contribution in [1.29, 1.82) is 0 Å². The van der Waals surface area contributed by atoms with E-state index in [1.807, 2.05) is 6.07 Å². The van der Waals surface area contributed by atoms with Crippen LogP contribution in [0.15, 0.2) is 30.5 Å². The number of urea groups is 1. The van der Waals surface area contributed by atoms with E-state index in [0.29, 0.717) is 23.6 Å². The van der Waals surface area contributed by atoms with Gasteiger partial charge < -0.3 is 10.2 Å². The van der Waals surface area contributed by atoms with Crippen molar-refractivity contribution in [3.8, 4) is 11.3 Å². The molecule has 0 unspecified atom stereocenters. The summed E-state index contributed by atoms with van der Waals surface area (Å²) in [4.78, 5) is 24.8. The van der Waals surface area contributed by atoms with Gasteiger partial charge in [-0.15, -0.1) is 0 Å². The Hall–Kier alpha value is -2.84. The highest BCUT2D eigenvalue weighted by molar-refractivity contribution is 5.97. The minimum atomic E-state index is -4.53. The van der Waals surface area contributed by atoms with E-state index in [1.54, 1.807) is 11.0 Å². The Kier molecular flexibility index (Phi) is 5.53. The van der Waals surface area contributed by atoms with Gasteiger partial charge in [0.25, 0.3) is 0 Å². The predicted molar refractivity (Wildman–Crippen MR) is 108 cm³/mol. The first-order valence-electron chi connectivity index (χ1n) is 10.2. The summed E-state index contributed by atoms with van der Waals surface area (Å²) >= 11 is 0. The van der Waals surface area contributed by atoms with Crippen LogP contribution < -0.4 is 15.1 Å². The maximum Gasteiger partial charge on any atom is 0.433 e. The van der Waals surface area contributed by atoms with Crippen LogP contribution in [-0.4, -0.2) is 41.7 Å².